The second kappa shape index (κ2) is 11.9. The van der Waals surface area contributed by atoms with Crippen LogP contribution in [0, 0.1) is 0 Å². The van der Waals surface area contributed by atoms with E-state index in [0.29, 0.717) is 49.1 Å². The van der Waals surface area contributed by atoms with E-state index in [4.69, 9.17) is 14.2 Å². The van der Waals surface area contributed by atoms with Gasteiger partial charge in [-0.15, -0.1) is 0 Å². The number of nitrogens with one attached hydrogen (secondary N) is 3. The Bertz CT molecular complexity index is 851. The van der Waals surface area contributed by atoms with E-state index >= 15 is 0 Å². The van der Waals surface area contributed by atoms with Crippen LogP contribution in [0.25, 0.3) is 0 Å². The van der Waals surface area contributed by atoms with Gasteiger partial charge >= 0.3 is 6.03 Å². The van der Waals surface area contributed by atoms with Gasteiger partial charge in [-0.25, -0.2) is 4.79 Å². The smallest absolute Gasteiger partial charge is 0.319 e. The fourth-order valence-electron chi connectivity index (χ4n) is 3.16. The molecule has 3 amide bonds. The number of carbonyl (C=O) groups excluding carboxylic acids is 2. The van der Waals surface area contributed by atoms with E-state index in [2.05, 4.69) is 16.0 Å². The summed E-state index contributed by atoms with van der Waals surface area (Å²) in [6, 6.07) is 13.7. The average molecular weight is 428 g/mol. The Morgan fingerprint density at radius 1 is 1.03 bits per heavy atom. The fourth-order valence-corrected chi connectivity index (χ4v) is 3.16. The molecule has 1 heterocycles. The van der Waals surface area contributed by atoms with E-state index in [-0.39, 0.29) is 18.0 Å². The predicted octanol–water partition coefficient (Wildman–Crippen LogP) is 3.65. The van der Waals surface area contributed by atoms with Gasteiger partial charge in [0.25, 0.3) is 5.91 Å². The minimum absolute atomic E-state index is 0.0920. The van der Waals surface area contributed by atoms with E-state index in [1.807, 2.05) is 13.0 Å². The zero-order valence-electron chi connectivity index (χ0n) is 17.7. The lowest BCUT2D eigenvalue weighted by Gasteiger charge is -2.13. The molecular weight excluding hydrogens is 398 g/mol. The summed E-state index contributed by atoms with van der Waals surface area (Å²) in [5, 5.41) is 8.42. The first kappa shape index (κ1) is 22.6. The van der Waals surface area contributed by atoms with Gasteiger partial charge in [-0.05, 0) is 56.2 Å². The third-order valence-electron chi connectivity index (χ3n) is 4.74. The molecular formula is C23H29N3O5. The summed E-state index contributed by atoms with van der Waals surface area (Å²) in [7, 11) is 0. The summed E-state index contributed by atoms with van der Waals surface area (Å²) in [4.78, 5) is 24.7. The molecule has 8 heteroatoms. The van der Waals surface area contributed by atoms with Gasteiger partial charge in [0.2, 0.25) is 0 Å². The van der Waals surface area contributed by atoms with Crippen molar-refractivity contribution < 1.29 is 23.8 Å². The highest BCUT2D eigenvalue weighted by atomic mass is 16.5. The number of hydrogen-bond donors (Lipinski definition) is 3. The van der Waals surface area contributed by atoms with Crippen molar-refractivity contribution in [3.05, 3.63) is 54.1 Å². The van der Waals surface area contributed by atoms with Crippen molar-refractivity contribution in [2.45, 2.75) is 25.9 Å². The fraction of sp³-hybridized carbons (Fsp3) is 0.391. The maximum atomic E-state index is 12.7. The van der Waals surface area contributed by atoms with E-state index in [0.717, 1.165) is 19.4 Å². The highest BCUT2D eigenvalue weighted by molar-refractivity contribution is 6.06. The lowest BCUT2D eigenvalue weighted by Crippen LogP contribution is -2.35. The van der Waals surface area contributed by atoms with Gasteiger partial charge in [-0.1, -0.05) is 12.1 Å². The molecule has 3 N–H and O–H groups in total. The molecule has 0 aliphatic carbocycles. The zero-order valence-corrected chi connectivity index (χ0v) is 17.7. The van der Waals surface area contributed by atoms with E-state index < -0.39 is 0 Å². The lowest BCUT2D eigenvalue weighted by atomic mass is 10.2. The van der Waals surface area contributed by atoms with Gasteiger partial charge in [0.05, 0.1) is 18.3 Å². The topological polar surface area (TPSA) is 97.9 Å². The van der Waals surface area contributed by atoms with Crippen LogP contribution < -0.4 is 20.7 Å². The molecule has 2 aromatic carbocycles. The molecule has 0 bridgehead atoms. The van der Waals surface area contributed by atoms with Crippen LogP contribution in [0.1, 0.15) is 30.1 Å². The predicted molar refractivity (Wildman–Crippen MR) is 119 cm³/mol. The largest absolute Gasteiger partial charge is 0.490 e. The molecule has 0 radical (unpaired) electrons. The summed E-state index contributed by atoms with van der Waals surface area (Å²) < 4.78 is 16.4. The number of anilines is 2. The molecule has 8 nitrogen and oxygen atoms in total. The number of ether oxygens (including phenoxy) is 3. The standard InChI is InChI=1S/C23H29N3O5/c1-2-29-14-15-31-21-8-4-3-7-20(21)22(27)25-17-9-11-18(12-10-17)26-23(28)24-16-19-6-5-13-30-19/h3-4,7-12,19H,2,5-6,13-16H2,1H3,(H,25,27)(H2,24,26,28). The molecule has 1 aliphatic heterocycles. The third kappa shape index (κ3) is 7.27. The first-order chi connectivity index (χ1) is 15.2. The number of amides is 3. The molecule has 0 spiro atoms. The van der Waals surface area contributed by atoms with Gasteiger partial charge < -0.3 is 30.2 Å². The van der Waals surface area contributed by atoms with Gasteiger partial charge in [0.15, 0.2) is 0 Å². The van der Waals surface area contributed by atoms with Crippen molar-refractivity contribution in [1.82, 2.24) is 5.32 Å². The van der Waals surface area contributed by atoms with Gasteiger partial charge in [0.1, 0.15) is 12.4 Å². The quantitative estimate of drug-likeness (QED) is 0.503. The van der Waals surface area contributed by atoms with E-state index in [9.17, 15) is 9.59 Å². The molecule has 1 atom stereocenters. The Labute approximate surface area is 182 Å². The lowest BCUT2D eigenvalue weighted by molar-refractivity contribution is 0.0998. The van der Waals surface area contributed by atoms with Crippen molar-refractivity contribution in [3.8, 4) is 5.75 Å². The summed E-state index contributed by atoms with van der Waals surface area (Å²) in [6.07, 6.45) is 2.09. The van der Waals surface area contributed by atoms with Crippen LogP contribution in [-0.4, -0.2) is 51.0 Å². The van der Waals surface area contributed by atoms with Crippen LogP contribution in [0.3, 0.4) is 0 Å². The molecule has 31 heavy (non-hydrogen) atoms. The molecule has 1 saturated heterocycles. The number of carbonyl (C=O) groups is 2. The first-order valence-corrected chi connectivity index (χ1v) is 10.5. The number of urea groups is 1. The third-order valence-corrected chi connectivity index (χ3v) is 4.74. The van der Waals surface area contributed by atoms with Gasteiger partial charge in [-0.2, -0.15) is 0 Å². The number of para-hydroxylation sites is 1. The van der Waals surface area contributed by atoms with Crippen LogP contribution in [0.4, 0.5) is 16.2 Å². The summed E-state index contributed by atoms with van der Waals surface area (Å²) in [5.41, 5.74) is 1.68. The second-order valence-corrected chi connectivity index (χ2v) is 7.04. The summed E-state index contributed by atoms with van der Waals surface area (Å²) in [5.74, 6) is 0.225. The zero-order chi connectivity index (χ0) is 21.9. The maximum Gasteiger partial charge on any atom is 0.319 e. The summed E-state index contributed by atoms with van der Waals surface area (Å²) >= 11 is 0. The van der Waals surface area contributed by atoms with Crippen LogP contribution in [0.15, 0.2) is 48.5 Å². The molecule has 1 unspecified atom stereocenters. The Morgan fingerprint density at radius 3 is 2.48 bits per heavy atom. The highest BCUT2D eigenvalue weighted by Crippen LogP contribution is 2.21. The molecule has 0 saturated carbocycles. The van der Waals surface area contributed by atoms with Crippen LogP contribution in [-0.2, 0) is 9.47 Å². The molecule has 2 aromatic rings. The minimum Gasteiger partial charge on any atom is -0.490 e. The average Bonchev–Trinajstić information content (AvgIpc) is 3.31. The van der Waals surface area contributed by atoms with Crippen LogP contribution in [0.5, 0.6) is 5.75 Å². The number of hydrogen-bond acceptors (Lipinski definition) is 5. The Kier molecular flexibility index (Phi) is 8.69. The highest BCUT2D eigenvalue weighted by Gasteiger charge is 2.16. The number of benzene rings is 2. The van der Waals surface area contributed by atoms with Crippen molar-refractivity contribution >= 4 is 23.3 Å². The monoisotopic (exact) mass is 427 g/mol. The maximum absolute atomic E-state index is 12.7. The van der Waals surface area contributed by atoms with Crippen molar-refractivity contribution in [1.29, 1.82) is 0 Å². The van der Waals surface area contributed by atoms with E-state index in [1.165, 1.54) is 0 Å². The normalized spacial score (nSPS) is 15.3. The van der Waals surface area contributed by atoms with Gasteiger partial charge in [0, 0.05) is 31.1 Å². The van der Waals surface area contributed by atoms with Crippen molar-refractivity contribution in [2.75, 3.05) is 43.6 Å². The van der Waals surface area contributed by atoms with Crippen molar-refractivity contribution in [2.24, 2.45) is 0 Å². The Balaban J connectivity index is 1.50. The SMILES string of the molecule is CCOCCOc1ccccc1C(=O)Nc1ccc(NC(=O)NCC2CCCO2)cc1. The molecule has 166 valence electrons. The van der Waals surface area contributed by atoms with Crippen LogP contribution >= 0.6 is 0 Å². The second-order valence-electron chi connectivity index (χ2n) is 7.04. The summed E-state index contributed by atoms with van der Waals surface area (Å²) in [6.45, 7) is 4.61. The molecule has 0 aromatic heterocycles. The van der Waals surface area contributed by atoms with Crippen molar-refractivity contribution in [3.63, 3.8) is 0 Å². The van der Waals surface area contributed by atoms with Crippen LogP contribution in [0.2, 0.25) is 0 Å². The molecule has 3 rings (SSSR count). The van der Waals surface area contributed by atoms with E-state index in [1.54, 1.807) is 42.5 Å². The Hall–Kier alpha value is -3.10. The minimum atomic E-state index is -0.287. The molecule has 1 aliphatic rings. The molecule has 1 fully saturated rings. The Morgan fingerprint density at radius 2 is 1.77 bits per heavy atom. The number of rotatable bonds is 10. The first-order valence-electron chi connectivity index (χ1n) is 10.5. The van der Waals surface area contributed by atoms with Gasteiger partial charge in [-0.3, -0.25) is 4.79 Å².